The Balaban J connectivity index is 3.41. The van der Waals surface area contributed by atoms with Crippen molar-refractivity contribution in [2.45, 2.75) is 106 Å². The monoisotopic (exact) mass is 591 g/mol. The SMILES string of the molecule is C=C1CN(C(=O)[C@@H](NC(=O)N[C@H](C(=O)C(C)C)C(C)C)C(C)(C)C)C(C(=O)NC(CCC)C(=O)C(=O)NC)[C@H]1C(C)C. The number of Topliss-reactive ketones (excluding diaryl/α,β-unsaturated/α-hetero) is 2. The van der Waals surface area contributed by atoms with Crippen molar-refractivity contribution in [2.75, 3.05) is 13.6 Å². The molecule has 0 bridgehead atoms. The van der Waals surface area contributed by atoms with Crippen LogP contribution in [0.5, 0.6) is 0 Å². The van der Waals surface area contributed by atoms with Crippen LogP contribution in [-0.4, -0.2) is 78.0 Å². The highest BCUT2D eigenvalue weighted by molar-refractivity contribution is 6.38. The maximum atomic E-state index is 14.2. The van der Waals surface area contributed by atoms with Gasteiger partial charge < -0.3 is 26.2 Å². The van der Waals surface area contributed by atoms with Crippen LogP contribution in [-0.2, 0) is 24.0 Å². The maximum absolute atomic E-state index is 14.2. The van der Waals surface area contributed by atoms with Crippen molar-refractivity contribution in [2.24, 2.45) is 29.1 Å². The van der Waals surface area contributed by atoms with Gasteiger partial charge in [-0.3, -0.25) is 24.0 Å². The number of hydrogen-bond acceptors (Lipinski definition) is 6. The summed E-state index contributed by atoms with van der Waals surface area (Å²) < 4.78 is 0. The van der Waals surface area contributed by atoms with Crippen molar-refractivity contribution in [1.82, 2.24) is 26.2 Å². The van der Waals surface area contributed by atoms with Crippen LogP contribution < -0.4 is 21.3 Å². The molecule has 11 nitrogen and oxygen atoms in total. The number of ketones is 2. The number of nitrogens with one attached hydrogen (secondary N) is 4. The number of amides is 5. The molecule has 1 heterocycles. The average Bonchev–Trinajstić information content (AvgIpc) is 3.24. The van der Waals surface area contributed by atoms with Gasteiger partial charge in [-0.05, 0) is 23.7 Å². The molecule has 1 fully saturated rings. The van der Waals surface area contributed by atoms with E-state index in [9.17, 15) is 28.8 Å². The third-order valence-electron chi connectivity index (χ3n) is 7.67. The molecule has 2 unspecified atom stereocenters. The standard InChI is InChI=1S/C31H53N5O6/c1-13-14-20(25(38)28(40)32-12)33-27(39)23-21(16(2)3)19(8)15-36(23)29(41)26(31(9,10)11)35-30(42)34-22(17(4)5)24(37)18(6)7/h16-18,20-23,26H,8,13-15H2,1-7,9-12H3,(H,32,40)(H,33,39)(H2,34,35,42)/t20?,21-,22-,23?,26+/m0/s1. The van der Waals surface area contributed by atoms with Crippen LogP contribution in [0, 0.1) is 29.1 Å². The minimum atomic E-state index is -1.05. The van der Waals surface area contributed by atoms with E-state index in [1.165, 1.54) is 11.9 Å². The molecule has 0 spiro atoms. The Morgan fingerprint density at radius 1 is 0.952 bits per heavy atom. The Hall–Kier alpha value is -3.24. The smallest absolute Gasteiger partial charge is 0.316 e. The summed E-state index contributed by atoms with van der Waals surface area (Å²) in [6.07, 6.45) is 0.799. The lowest BCUT2D eigenvalue weighted by Gasteiger charge is -2.37. The number of rotatable bonds is 13. The topological polar surface area (TPSA) is 154 Å². The Bertz CT molecular complexity index is 1040. The number of carbonyl (C=O) groups excluding carboxylic acids is 6. The van der Waals surface area contributed by atoms with Gasteiger partial charge in [-0.25, -0.2) is 4.79 Å². The fourth-order valence-electron chi connectivity index (χ4n) is 5.35. The highest BCUT2D eigenvalue weighted by Gasteiger charge is 2.49. The first-order valence-corrected chi connectivity index (χ1v) is 14.9. The zero-order chi connectivity index (χ0) is 32.7. The largest absolute Gasteiger partial charge is 0.353 e. The molecule has 5 atom stereocenters. The molecule has 0 aliphatic carbocycles. The molecule has 0 aromatic carbocycles. The number of likely N-dealkylation sites (N-methyl/N-ethyl adjacent to an activating group) is 1. The number of hydrogen-bond donors (Lipinski definition) is 4. The quantitative estimate of drug-likeness (QED) is 0.191. The lowest BCUT2D eigenvalue weighted by Crippen LogP contribution is -2.62. The van der Waals surface area contributed by atoms with E-state index in [1.54, 1.807) is 34.6 Å². The lowest BCUT2D eigenvalue weighted by molar-refractivity contribution is -0.144. The van der Waals surface area contributed by atoms with E-state index in [1.807, 2.05) is 34.6 Å². The number of carbonyl (C=O) groups is 6. The van der Waals surface area contributed by atoms with Gasteiger partial charge in [-0.2, -0.15) is 0 Å². The number of likely N-dealkylation sites (tertiary alicyclic amines) is 1. The Kier molecular flexibility index (Phi) is 13.4. The molecule has 1 aliphatic heterocycles. The summed E-state index contributed by atoms with van der Waals surface area (Å²) >= 11 is 0. The molecular weight excluding hydrogens is 538 g/mol. The van der Waals surface area contributed by atoms with Gasteiger partial charge in [0.15, 0.2) is 5.78 Å². The predicted octanol–water partition coefficient (Wildman–Crippen LogP) is 2.59. The lowest BCUT2D eigenvalue weighted by atomic mass is 9.84. The molecule has 1 saturated heterocycles. The van der Waals surface area contributed by atoms with Crippen LogP contribution in [0.4, 0.5) is 4.79 Å². The van der Waals surface area contributed by atoms with E-state index in [2.05, 4.69) is 27.8 Å². The van der Waals surface area contributed by atoms with Crippen LogP contribution in [0.25, 0.3) is 0 Å². The molecule has 1 aliphatic rings. The fourth-order valence-corrected chi connectivity index (χ4v) is 5.35. The van der Waals surface area contributed by atoms with Crippen LogP contribution >= 0.6 is 0 Å². The Labute approximate surface area is 251 Å². The van der Waals surface area contributed by atoms with Crippen molar-refractivity contribution >= 4 is 35.3 Å². The Morgan fingerprint density at radius 2 is 1.52 bits per heavy atom. The number of nitrogens with zero attached hydrogens (tertiary/aromatic N) is 1. The molecule has 11 heteroatoms. The summed E-state index contributed by atoms with van der Waals surface area (Å²) in [5.41, 5.74) is -0.0789. The molecule has 0 saturated carbocycles. The average molecular weight is 592 g/mol. The zero-order valence-corrected chi connectivity index (χ0v) is 27.3. The van der Waals surface area contributed by atoms with E-state index < -0.39 is 65.0 Å². The van der Waals surface area contributed by atoms with Crippen molar-refractivity contribution in [3.63, 3.8) is 0 Å². The minimum Gasteiger partial charge on any atom is -0.353 e. The molecule has 0 radical (unpaired) electrons. The van der Waals surface area contributed by atoms with E-state index >= 15 is 0 Å². The molecule has 4 N–H and O–H groups in total. The van der Waals surface area contributed by atoms with E-state index in [0.29, 0.717) is 12.0 Å². The molecule has 1 rings (SSSR count). The van der Waals surface area contributed by atoms with Crippen molar-refractivity contribution in [3.8, 4) is 0 Å². The van der Waals surface area contributed by atoms with Gasteiger partial charge in [0.1, 0.15) is 12.1 Å². The summed E-state index contributed by atoms with van der Waals surface area (Å²) in [5, 5.41) is 10.5. The van der Waals surface area contributed by atoms with Crippen LogP contribution in [0.15, 0.2) is 12.2 Å². The van der Waals surface area contributed by atoms with Gasteiger partial charge in [-0.15, -0.1) is 0 Å². The van der Waals surface area contributed by atoms with Crippen LogP contribution in [0.3, 0.4) is 0 Å². The van der Waals surface area contributed by atoms with Gasteiger partial charge in [0.2, 0.25) is 17.6 Å². The first-order valence-electron chi connectivity index (χ1n) is 14.9. The molecular formula is C31H53N5O6. The van der Waals surface area contributed by atoms with Crippen LogP contribution in [0.1, 0.15) is 82.1 Å². The highest BCUT2D eigenvalue weighted by Crippen LogP contribution is 2.36. The Morgan fingerprint density at radius 3 is 1.95 bits per heavy atom. The third kappa shape index (κ3) is 9.13. The molecule has 0 aromatic heterocycles. The highest BCUT2D eigenvalue weighted by atomic mass is 16.2. The van der Waals surface area contributed by atoms with Gasteiger partial charge in [0.25, 0.3) is 5.91 Å². The third-order valence-corrected chi connectivity index (χ3v) is 7.67. The first kappa shape index (κ1) is 36.8. The second kappa shape index (κ2) is 15.3. The normalized spacial score (nSPS) is 19.4. The van der Waals surface area contributed by atoms with E-state index in [-0.39, 0.29) is 36.5 Å². The summed E-state index contributed by atoms with van der Waals surface area (Å²) in [4.78, 5) is 80.1. The van der Waals surface area contributed by atoms with Gasteiger partial charge in [0, 0.05) is 25.4 Å². The predicted molar refractivity (Wildman–Crippen MR) is 162 cm³/mol. The van der Waals surface area contributed by atoms with Crippen LogP contribution in [0.2, 0.25) is 0 Å². The van der Waals surface area contributed by atoms with E-state index in [4.69, 9.17) is 0 Å². The first-order chi connectivity index (χ1) is 19.3. The summed E-state index contributed by atoms with van der Waals surface area (Å²) in [5.74, 6) is -3.64. The second-order valence-corrected chi connectivity index (χ2v) is 13.3. The summed E-state index contributed by atoms with van der Waals surface area (Å²) in [7, 11) is 1.35. The van der Waals surface area contributed by atoms with Crippen molar-refractivity contribution in [3.05, 3.63) is 12.2 Å². The minimum absolute atomic E-state index is 0.0662. The second-order valence-electron chi connectivity index (χ2n) is 13.3. The summed E-state index contributed by atoms with van der Waals surface area (Å²) in [6.45, 7) is 22.5. The molecule has 5 amide bonds. The zero-order valence-electron chi connectivity index (χ0n) is 27.3. The fraction of sp³-hybridized carbons (Fsp3) is 0.742. The summed E-state index contributed by atoms with van der Waals surface area (Å²) in [6, 6.07) is -4.48. The molecule has 0 aromatic rings. The maximum Gasteiger partial charge on any atom is 0.316 e. The van der Waals surface area contributed by atoms with Gasteiger partial charge >= 0.3 is 6.03 Å². The molecule has 42 heavy (non-hydrogen) atoms. The van der Waals surface area contributed by atoms with Crippen molar-refractivity contribution < 1.29 is 28.8 Å². The van der Waals surface area contributed by atoms with E-state index in [0.717, 1.165) is 0 Å². The van der Waals surface area contributed by atoms with Gasteiger partial charge in [-0.1, -0.05) is 87.8 Å². The van der Waals surface area contributed by atoms with Crippen molar-refractivity contribution in [1.29, 1.82) is 0 Å². The number of urea groups is 1. The van der Waals surface area contributed by atoms with Gasteiger partial charge in [0.05, 0.1) is 12.1 Å². The molecule has 238 valence electrons.